The van der Waals surface area contributed by atoms with Crippen molar-refractivity contribution in [3.63, 3.8) is 0 Å². The lowest BCUT2D eigenvalue weighted by atomic mass is 10.0. The van der Waals surface area contributed by atoms with E-state index < -0.39 is 0 Å². The van der Waals surface area contributed by atoms with E-state index in [9.17, 15) is 4.39 Å². The van der Waals surface area contributed by atoms with Gasteiger partial charge >= 0.3 is 0 Å². The van der Waals surface area contributed by atoms with E-state index in [1.54, 1.807) is 24.3 Å². The Labute approximate surface area is 129 Å². The number of ether oxygens (including phenoxy) is 1. The molecule has 112 valence electrons. The average molecular weight is 308 g/mol. The Balaban J connectivity index is 2.03. The van der Waals surface area contributed by atoms with Gasteiger partial charge in [0, 0.05) is 11.1 Å². The standard InChI is InChI=1S/C17H19ClFNO/c1-12(21-16-8-4-6-14(18)11-16)17(20-2)10-13-5-3-7-15(19)9-13/h3-9,11-12,17,20H,10H2,1-2H3. The Kier molecular flexibility index (Phi) is 5.59. The molecule has 0 bridgehead atoms. The summed E-state index contributed by atoms with van der Waals surface area (Å²) in [7, 11) is 1.88. The van der Waals surface area contributed by atoms with Crippen LogP contribution >= 0.6 is 11.6 Å². The number of benzene rings is 2. The van der Waals surface area contributed by atoms with Crippen LogP contribution in [0.5, 0.6) is 5.75 Å². The zero-order valence-corrected chi connectivity index (χ0v) is 12.9. The smallest absolute Gasteiger partial charge is 0.123 e. The van der Waals surface area contributed by atoms with E-state index in [2.05, 4.69) is 5.32 Å². The fourth-order valence-electron chi connectivity index (χ4n) is 2.26. The van der Waals surface area contributed by atoms with Gasteiger partial charge in [0.1, 0.15) is 17.7 Å². The van der Waals surface area contributed by atoms with Gasteiger partial charge in [-0.3, -0.25) is 0 Å². The first kappa shape index (κ1) is 15.8. The summed E-state index contributed by atoms with van der Waals surface area (Å²) in [6, 6.07) is 14.0. The molecule has 2 aromatic rings. The molecule has 0 aliphatic heterocycles. The van der Waals surface area contributed by atoms with Crippen molar-refractivity contribution in [2.75, 3.05) is 7.05 Å². The first-order chi connectivity index (χ1) is 10.1. The second-order valence-electron chi connectivity index (χ2n) is 5.01. The highest BCUT2D eigenvalue weighted by molar-refractivity contribution is 6.30. The molecule has 0 aromatic heterocycles. The molecule has 0 radical (unpaired) electrons. The van der Waals surface area contributed by atoms with Crippen LogP contribution < -0.4 is 10.1 Å². The van der Waals surface area contributed by atoms with E-state index in [1.165, 1.54) is 6.07 Å². The number of nitrogens with one attached hydrogen (secondary N) is 1. The van der Waals surface area contributed by atoms with Gasteiger partial charge in [-0.15, -0.1) is 0 Å². The maximum Gasteiger partial charge on any atom is 0.123 e. The second-order valence-corrected chi connectivity index (χ2v) is 5.45. The van der Waals surface area contributed by atoms with Crippen molar-refractivity contribution in [2.45, 2.75) is 25.5 Å². The molecule has 21 heavy (non-hydrogen) atoms. The van der Waals surface area contributed by atoms with Gasteiger partial charge in [-0.2, -0.15) is 0 Å². The lowest BCUT2D eigenvalue weighted by molar-refractivity contribution is 0.174. The van der Waals surface area contributed by atoms with E-state index in [4.69, 9.17) is 16.3 Å². The third-order valence-corrected chi connectivity index (χ3v) is 3.64. The van der Waals surface area contributed by atoms with Gasteiger partial charge in [0.05, 0.1) is 0 Å². The van der Waals surface area contributed by atoms with Crippen LogP contribution in [-0.4, -0.2) is 19.2 Å². The lowest BCUT2D eigenvalue weighted by Crippen LogP contribution is -2.41. The van der Waals surface area contributed by atoms with Gasteiger partial charge in [0.15, 0.2) is 0 Å². The Bertz CT molecular complexity index is 591. The minimum atomic E-state index is -0.217. The van der Waals surface area contributed by atoms with Gasteiger partial charge in [-0.05, 0) is 56.3 Å². The SMILES string of the molecule is CNC(Cc1cccc(F)c1)C(C)Oc1cccc(Cl)c1. The number of likely N-dealkylation sites (N-methyl/N-ethyl adjacent to an activating group) is 1. The van der Waals surface area contributed by atoms with Crippen molar-refractivity contribution < 1.29 is 9.13 Å². The Hall–Kier alpha value is -1.58. The summed E-state index contributed by atoms with van der Waals surface area (Å²) < 4.78 is 19.2. The Morgan fingerprint density at radius 1 is 1.19 bits per heavy atom. The highest BCUT2D eigenvalue weighted by Gasteiger charge is 2.18. The molecule has 2 rings (SSSR count). The lowest BCUT2D eigenvalue weighted by Gasteiger charge is -2.25. The molecule has 4 heteroatoms. The van der Waals surface area contributed by atoms with Crippen LogP contribution in [0.2, 0.25) is 5.02 Å². The molecular weight excluding hydrogens is 289 g/mol. The normalized spacial score (nSPS) is 13.7. The number of hydrogen-bond donors (Lipinski definition) is 1. The molecule has 2 atom stereocenters. The molecule has 0 fully saturated rings. The van der Waals surface area contributed by atoms with Crippen molar-refractivity contribution in [3.05, 3.63) is 64.9 Å². The van der Waals surface area contributed by atoms with Crippen LogP contribution in [0, 0.1) is 5.82 Å². The fraction of sp³-hybridized carbons (Fsp3) is 0.294. The quantitative estimate of drug-likeness (QED) is 0.868. The topological polar surface area (TPSA) is 21.3 Å². The molecule has 0 saturated heterocycles. The molecule has 2 aromatic carbocycles. The fourth-order valence-corrected chi connectivity index (χ4v) is 2.44. The largest absolute Gasteiger partial charge is 0.489 e. The molecule has 0 spiro atoms. The van der Waals surface area contributed by atoms with E-state index >= 15 is 0 Å². The first-order valence-electron chi connectivity index (χ1n) is 6.92. The van der Waals surface area contributed by atoms with Gasteiger partial charge in [0.25, 0.3) is 0 Å². The van der Waals surface area contributed by atoms with Crippen molar-refractivity contribution >= 4 is 11.6 Å². The summed E-state index contributed by atoms with van der Waals surface area (Å²) in [4.78, 5) is 0. The van der Waals surface area contributed by atoms with Crippen molar-refractivity contribution in [1.29, 1.82) is 0 Å². The van der Waals surface area contributed by atoms with E-state index in [-0.39, 0.29) is 18.0 Å². The summed E-state index contributed by atoms with van der Waals surface area (Å²) in [5.74, 6) is 0.514. The Morgan fingerprint density at radius 3 is 2.62 bits per heavy atom. The Morgan fingerprint density at radius 2 is 1.95 bits per heavy atom. The van der Waals surface area contributed by atoms with Crippen molar-refractivity contribution in [2.24, 2.45) is 0 Å². The minimum Gasteiger partial charge on any atom is -0.489 e. The van der Waals surface area contributed by atoms with Crippen LogP contribution in [0.25, 0.3) is 0 Å². The second kappa shape index (κ2) is 7.43. The molecule has 0 aliphatic carbocycles. The maximum absolute atomic E-state index is 13.2. The predicted molar refractivity (Wildman–Crippen MR) is 84.5 cm³/mol. The third kappa shape index (κ3) is 4.73. The maximum atomic E-state index is 13.2. The number of halogens is 2. The summed E-state index contributed by atoms with van der Waals surface area (Å²) >= 11 is 5.95. The van der Waals surface area contributed by atoms with E-state index in [1.807, 2.05) is 32.2 Å². The monoisotopic (exact) mass is 307 g/mol. The van der Waals surface area contributed by atoms with E-state index in [0.717, 1.165) is 11.3 Å². The van der Waals surface area contributed by atoms with Crippen LogP contribution in [0.1, 0.15) is 12.5 Å². The van der Waals surface area contributed by atoms with Gasteiger partial charge in [-0.1, -0.05) is 29.8 Å². The predicted octanol–water partition coefficient (Wildman–Crippen LogP) is 4.08. The van der Waals surface area contributed by atoms with Crippen LogP contribution in [0.15, 0.2) is 48.5 Å². The van der Waals surface area contributed by atoms with Gasteiger partial charge < -0.3 is 10.1 Å². The minimum absolute atomic E-state index is 0.0725. The summed E-state index contributed by atoms with van der Waals surface area (Å²) in [6.45, 7) is 1.99. The van der Waals surface area contributed by atoms with Crippen LogP contribution in [0.3, 0.4) is 0 Å². The number of rotatable bonds is 6. The average Bonchev–Trinajstić information content (AvgIpc) is 2.44. The summed E-state index contributed by atoms with van der Waals surface area (Å²) in [5.41, 5.74) is 0.941. The molecule has 0 saturated carbocycles. The third-order valence-electron chi connectivity index (χ3n) is 3.40. The van der Waals surface area contributed by atoms with Crippen LogP contribution in [0.4, 0.5) is 4.39 Å². The highest BCUT2D eigenvalue weighted by atomic mass is 35.5. The molecule has 2 nitrogen and oxygen atoms in total. The highest BCUT2D eigenvalue weighted by Crippen LogP contribution is 2.20. The molecule has 0 aliphatic rings. The molecule has 0 amide bonds. The summed E-state index contributed by atoms with van der Waals surface area (Å²) in [6.07, 6.45) is 0.618. The molecular formula is C17H19ClFNO. The first-order valence-corrected chi connectivity index (χ1v) is 7.30. The van der Waals surface area contributed by atoms with Crippen molar-refractivity contribution in [3.8, 4) is 5.75 Å². The van der Waals surface area contributed by atoms with Crippen molar-refractivity contribution in [1.82, 2.24) is 5.32 Å². The zero-order valence-electron chi connectivity index (χ0n) is 12.1. The zero-order chi connectivity index (χ0) is 15.2. The number of hydrogen-bond acceptors (Lipinski definition) is 2. The van der Waals surface area contributed by atoms with Gasteiger partial charge in [0.2, 0.25) is 0 Å². The van der Waals surface area contributed by atoms with E-state index in [0.29, 0.717) is 11.4 Å². The molecule has 0 heterocycles. The van der Waals surface area contributed by atoms with Crippen LogP contribution in [-0.2, 0) is 6.42 Å². The van der Waals surface area contributed by atoms with Gasteiger partial charge in [-0.25, -0.2) is 4.39 Å². The molecule has 1 N–H and O–H groups in total. The molecule has 2 unspecified atom stereocenters. The summed E-state index contributed by atoms with van der Waals surface area (Å²) in [5, 5.41) is 3.87.